The van der Waals surface area contributed by atoms with Crippen LogP contribution >= 0.6 is 7.82 Å². The second kappa shape index (κ2) is 14.1. The molecule has 0 saturated carbocycles. The topological polar surface area (TPSA) is 127 Å². The fourth-order valence-corrected chi connectivity index (χ4v) is 7.83. The molecule has 1 fully saturated rings. The second-order valence-corrected chi connectivity index (χ2v) is 25.4. The van der Waals surface area contributed by atoms with Crippen LogP contribution in [0.4, 0.5) is 4.39 Å². The molecule has 45 heavy (non-hydrogen) atoms. The highest BCUT2D eigenvalue weighted by atomic mass is 31.2. The number of halogens is 1. The maximum atomic E-state index is 14.3. The molecule has 3 rings (SSSR count). The third-order valence-corrected chi connectivity index (χ3v) is 19.4. The predicted molar refractivity (Wildman–Crippen MR) is 176 cm³/mol. The van der Waals surface area contributed by atoms with E-state index in [1.54, 1.807) is 6.92 Å². The second-order valence-electron chi connectivity index (χ2n) is 14.3. The minimum atomic E-state index is -4.36. The summed E-state index contributed by atoms with van der Waals surface area (Å²) in [5.74, 6) is 0.159. The maximum Gasteiger partial charge on any atom is 0.530 e. The first-order valence-corrected chi connectivity index (χ1v) is 22.5. The molecule has 5 atom stereocenters. The van der Waals surface area contributed by atoms with E-state index >= 15 is 0 Å². The first-order chi connectivity index (χ1) is 20.6. The number of nitrogens with one attached hydrogen (secondary N) is 1. The van der Waals surface area contributed by atoms with Crippen molar-refractivity contribution in [2.45, 2.75) is 116 Å². The Bertz CT molecular complexity index is 1450. The van der Waals surface area contributed by atoms with E-state index in [1.807, 2.05) is 13.1 Å². The highest BCUT2D eigenvalue weighted by molar-refractivity contribution is 7.49. The van der Waals surface area contributed by atoms with Gasteiger partial charge >= 0.3 is 13.5 Å². The molecule has 1 aliphatic rings. The van der Waals surface area contributed by atoms with Crippen LogP contribution in [-0.2, 0) is 33.9 Å². The van der Waals surface area contributed by atoms with E-state index in [-0.39, 0.29) is 29.0 Å². The lowest BCUT2D eigenvalue weighted by atomic mass is 10.1. The van der Waals surface area contributed by atoms with Gasteiger partial charge in [0.1, 0.15) is 30.7 Å². The minimum Gasteiger partial charge on any atom is -0.414 e. The van der Waals surface area contributed by atoms with Crippen LogP contribution in [0.25, 0.3) is 0 Å². The Morgan fingerprint density at radius 2 is 1.56 bits per heavy atom. The molecule has 0 aliphatic carbocycles. The lowest BCUT2D eigenvalue weighted by Crippen LogP contribution is -2.50. The Kier molecular flexibility index (Phi) is 11.7. The summed E-state index contributed by atoms with van der Waals surface area (Å²) in [5.41, 5.74) is -0.827. The van der Waals surface area contributed by atoms with Crippen molar-refractivity contribution in [1.82, 2.24) is 9.55 Å². The fourth-order valence-electron chi connectivity index (χ4n) is 4.12. The summed E-state index contributed by atoms with van der Waals surface area (Å²) in [4.78, 5) is 27.3. The highest BCUT2D eigenvalue weighted by Gasteiger charge is 2.55. The van der Waals surface area contributed by atoms with Crippen molar-refractivity contribution in [1.29, 1.82) is 0 Å². The number of ether oxygens (including phenoxy) is 1. The van der Waals surface area contributed by atoms with Gasteiger partial charge in [0.2, 0.25) is 0 Å². The SMILES string of the molecule is CCOP(=O)(Oc1ccc(CF)cc1)O[C@H]1[C@@H](O[Si](C)(C)C(C)(C)C)[C@H](n2ccc(=O)[nH]c2=O)O[C@@H]1CO[Si](C)(C)C(C)(C)C. The third kappa shape index (κ3) is 9.13. The van der Waals surface area contributed by atoms with Gasteiger partial charge in [0, 0.05) is 12.3 Å². The lowest BCUT2D eigenvalue weighted by molar-refractivity contribution is -0.0514. The van der Waals surface area contributed by atoms with Gasteiger partial charge < -0.3 is 18.1 Å². The van der Waals surface area contributed by atoms with Crippen molar-refractivity contribution < 1.29 is 36.1 Å². The Morgan fingerprint density at radius 1 is 0.956 bits per heavy atom. The molecule has 0 amide bonds. The van der Waals surface area contributed by atoms with Crippen LogP contribution in [0.3, 0.4) is 0 Å². The van der Waals surface area contributed by atoms with Crippen molar-refractivity contribution in [3.05, 3.63) is 62.9 Å². The van der Waals surface area contributed by atoms with E-state index in [1.165, 1.54) is 41.1 Å². The molecule has 1 N–H and O–H groups in total. The molecule has 2 heterocycles. The zero-order chi connectivity index (χ0) is 34.0. The van der Waals surface area contributed by atoms with Crippen LogP contribution in [0, 0.1) is 0 Å². The van der Waals surface area contributed by atoms with Gasteiger partial charge in [0.05, 0.1) is 13.2 Å². The summed E-state index contributed by atoms with van der Waals surface area (Å²) >= 11 is 0. The van der Waals surface area contributed by atoms with Crippen molar-refractivity contribution in [3.8, 4) is 5.75 Å². The number of rotatable bonds is 13. The van der Waals surface area contributed by atoms with Gasteiger partial charge in [0.25, 0.3) is 5.56 Å². The van der Waals surface area contributed by atoms with Crippen LogP contribution in [0.2, 0.25) is 36.3 Å². The maximum absolute atomic E-state index is 14.3. The molecular formula is C30H50FN2O9PSi2. The van der Waals surface area contributed by atoms with Crippen LogP contribution < -0.4 is 15.8 Å². The van der Waals surface area contributed by atoms with E-state index in [4.69, 9.17) is 27.2 Å². The van der Waals surface area contributed by atoms with Gasteiger partial charge in [-0.05, 0) is 60.9 Å². The van der Waals surface area contributed by atoms with Crippen molar-refractivity contribution in [2.75, 3.05) is 13.2 Å². The van der Waals surface area contributed by atoms with Gasteiger partial charge in [-0.2, -0.15) is 0 Å². The van der Waals surface area contributed by atoms with Crippen LogP contribution in [0.1, 0.15) is 60.3 Å². The molecule has 0 bridgehead atoms. The van der Waals surface area contributed by atoms with Crippen LogP contribution in [-0.4, -0.2) is 57.7 Å². The van der Waals surface area contributed by atoms with E-state index in [0.717, 1.165) is 0 Å². The summed E-state index contributed by atoms with van der Waals surface area (Å²) < 4.78 is 66.3. The number of phosphoric acid groups is 1. The molecule has 11 nitrogen and oxygen atoms in total. The third-order valence-electron chi connectivity index (χ3n) is 8.90. The standard InChI is InChI=1S/C30H50FN2O9PSi2/c1-12-37-43(36,40-22-15-13-21(19-31)14-16-22)41-25-23(20-38-44(8,9)29(2,3)4)39-27(33-18-17-24(34)32-28(33)35)26(25)42-45(10,11)30(5,6)7/h13-18,23,25-27H,12,19-20H2,1-11H3,(H,32,34,35)/t23-,25-,26-,27-,43?/m1/s1. The molecular weight excluding hydrogens is 638 g/mol. The number of nitrogens with zero attached hydrogens (tertiary/aromatic N) is 1. The first-order valence-electron chi connectivity index (χ1n) is 15.2. The van der Waals surface area contributed by atoms with Gasteiger partial charge in [-0.3, -0.25) is 23.4 Å². The molecule has 1 saturated heterocycles. The summed E-state index contributed by atoms with van der Waals surface area (Å²) in [6.45, 7) is 21.9. The van der Waals surface area contributed by atoms with E-state index in [9.17, 15) is 18.5 Å². The molecule has 0 spiro atoms. The normalized spacial score (nSPS) is 22.8. The molecule has 2 aromatic rings. The van der Waals surface area contributed by atoms with Crippen LogP contribution in [0.15, 0.2) is 46.1 Å². The zero-order valence-electron chi connectivity index (χ0n) is 28.3. The molecule has 1 aromatic carbocycles. The predicted octanol–water partition coefficient (Wildman–Crippen LogP) is 6.92. The summed E-state index contributed by atoms with van der Waals surface area (Å²) in [7, 11) is -9.27. The average molecular weight is 689 g/mol. The van der Waals surface area contributed by atoms with Gasteiger partial charge in [-0.15, -0.1) is 0 Å². The zero-order valence-corrected chi connectivity index (χ0v) is 31.2. The van der Waals surface area contributed by atoms with Gasteiger partial charge in [-0.25, -0.2) is 13.8 Å². The largest absolute Gasteiger partial charge is 0.530 e. The number of hydrogen-bond donors (Lipinski definition) is 1. The molecule has 254 valence electrons. The van der Waals surface area contributed by atoms with E-state index in [2.05, 4.69) is 59.6 Å². The number of benzene rings is 1. The number of H-pyrrole nitrogens is 1. The smallest absolute Gasteiger partial charge is 0.414 e. The number of hydrogen-bond acceptors (Lipinski definition) is 9. The molecule has 15 heteroatoms. The summed E-state index contributed by atoms with van der Waals surface area (Å²) in [6, 6.07) is 7.22. The minimum absolute atomic E-state index is 0.00484. The molecule has 1 aliphatic heterocycles. The molecule has 0 radical (unpaired) electrons. The number of alkyl halides is 1. The Balaban J connectivity index is 2.14. The Labute approximate surface area is 267 Å². The van der Waals surface area contributed by atoms with Gasteiger partial charge in [0.15, 0.2) is 22.9 Å². The van der Waals surface area contributed by atoms with Crippen molar-refractivity contribution in [3.63, 3.8) is 0 Å². The lowest BCUT2D eigenvalue weighted by Gasteiger charge is -2.41. The number of phosphoric ester groups is 1. The summed E-state index contributed by atoms with van der Waals surface area (Å²) in [5, 5.41) is -0.379. The molecule has 1 aromatic heterocycles. The van der Waals surface area contributed by atoms with E-state index < -0.39 is 66.9 Å². The fraction of sp³-hybridized carbons (Fsp3) is 0.667. The summed E-state index contributed by atoms with van der Waals surface area (Å²) in [6.07, 6.45) is -2.67. The molecule has 1 unspecified atom stereocenters. The Hall–Kier alpha value is -1.91. The highest BCUT2D eigenvalue weighted by Crippen LogP contribution is 2.54. The van der Waals surface area contributed by atoms with Gasteiger partial charge in [-0.1, -0.05) is 53.7 Å². The monoisotopic (exact) mass is 688 g/mol. The number of aromatic nitrogens is 2. The van der Waals surface area contributed by atoms with Crippen molar-refractivity contribution >= 4 is 24.5 Å². The van der Waals surface area contributed by atoms with E-state index in [0.29, 0.717) is 5.56 Å². The first kappa shape index (κ1) is 37.6. The Morgan fingerprint density at radius 3 is 2.07 bits per heavy atom. The quantitative estimate of drug-likeness (QED) is 0.176. The van der Waals surface area contributed by atoms with Crippen molar-refractivity contribution in [2.24, 2.45) is 0 Å². The average Bonchev–Trinajstić information content (AvgIpc) is 3.22. The number of aromatic amines is 1. The van der Waals surface area contributed by atoms with Crippen LogP contribution in [0.5, 0.6) is 5.75 Å².